The first-order chi connectivity index (χ1) is 11.8. The maximum absolute atomic E-state index is 12.1. The van der Waals surface area contributed by atoms with E-state index in [-0.39, 0.29) is 0 Å². The molecule has 6 nitrogen and oxygen atoms in total. The summed E-state index contributed by atoms with van der Waals surface area (Å²) in [7, 11) is 0. The molecule has 1 aromatic rings. The van der Waals surface area contributed by atoms with E-state index in [4.69, 9.17) is 4.74 Å². The number of amides is 1. The maximum Gasteiger partial charge on any atom is 0.222 e. The van der Waals surface area contributed by atoms with Crippen LogP contribution in [0, 0.1) is 5.92 Å². The molecule has 4 rings (SSSR count). The Bertz CT molecular complexity index is 567. The van der Waals surface area contributed by atoms with Crippen molar-refractivity contribution >= 4 is 5.91 Å². The van der Waals surface area contributed by atoms with E-state index in [0.717, 1.165) is 78.0 Å². The van der Waals surface area contributed by atoms with Crippen molar-refractivity contribution in [3.63, 3.8) is 0 Å². The third-order valence-corrected chi connectivity index (χ3v) is 5.80. The summed E-state index contributed by atoms with van der Waals surface area (Å²) in [6.07, 6.45) is 7.05. The van der Waals surface area contributed by atoms with E-state index in [2.05, 4.69) is 25.6 Å². The second-order valence-electron chi connectivity index (χ2n) is 7.42. The lowest BCUT2D eigenvalue weighted by Crippen LogP contribution is -2.46. The molecule has 1 atom stereocenters. The predicted octanol–water partition coefficient (Wildman–Crippen LogP) is 1.51. The molecule has 1 aromatic heterocycles. The van der Waals surface area contributed by atoms with Gasteiger partial charge in [-0.1, -0.05) is 0 Å². The molecule has 24 heavy (non-hydrogen) atoms. The highest BCUT2D eigenvalue weighted by atomic mass is 16.5. The minimum absolute atomic E-state index is 0.336. The van der Waals surface area contributed by atoms with Crippen LogP contribution in [0.5, 0.6) is 0 Å². The molecule has 1 amide bonds. The molecule has 4 heterocycles. The minimum Gasteiger partial charge on any atom is -0.381 e. The Balaban J connectivity index is 1.48. The van der Waals surface area contributed by atoms with Gasteiger partial charge in [-0.2, -0.15) is 5.10 Å². The van der Waals surface area contributed by atoms with Crippen molar-refractivity contribution in [1.82, 2.24) is 19.6 Å². The molecule has 2 saturated heterocycles. The van der Waals surface area contributed by atoms with E-state index >= 15 is 0 Å². The fourth-order valence-electron chi connectivity index (χ4n) is 4.32. The van der Waals surface area contributed by atoms with Crippen LogP contribution < -0.4 is 0 Å². The van der Waals surface area contributed by atoms with Crippen LogP contribution in [-0.2, 0) is 22.6 Å². The van der Waals surface area contributed by atoms with Gasteiger partial charge in [0.1, 0.15) is 0 Å². The zero-order valence-corrected chi connectivity index (χ0v) is 14.4. The van der Waals surface area contributed by atoms with Crippen LogP contribution in [0.1, 0.15) is 37.8 Å². The highest BCUT2D eigenvalue weighted by Crippen LogP contribution is 2.24. The monoisotopic (exact) mass is 332 g/mol. The maximum atomic E-state index is 12.1. The predicted molar refractivity (Wildman–Crippen MR) is 90.4 cm³/mol. The highest BCUT2D eigenvalue weighted by molar-refractivity contribution is 5.78. The average molecular weight is 332 g/mol. The smallest absolute Gasteiger partial charge is 0.222 e. The largest absolute Gasteiger partial charge is 0.381 e. The molecule has 0 N–H and O–H groups in total. The number of likely N-dealkylation sites (tertiary alicyclic amines) is 1. The van der Waals surface area contributed by atoms with Gasteiger partial charge in [-0.15, -0.1) is 0 Å². The SMILES string of the molecule is O=C1CCCN1C[C@H]1CCn2nccc2CN1CC1CCOCC1. The summed E-state index contributed by atoms with van der Waals surface area (Å²) in [6, 6.07) is 2.58. The number of ether oxygens (including phenoxy) is 1. The van der Waals surface area contributed by atoms with Crippen molar-refractivity contribution in [3.05, 3.63) is 18.0 Å². The number of hydrogen-bond acceptors (Lipinski definition) is 4. The zero-order valence-electron chi connectivity index (χ0n) is 14.4. The number of carbonyl (C=O) groups excluding carboxylic acids is 1. The van der Waals surface area contributed by atoms with Crippen LogP contribution >= 0.6 is 0 Å². The van der Waals surface area contributed by atoms with Crippen molar-refractivity contribution in [1.29, 1.82) is 0 Å². The van der Waals surface area contributed by atoms with Crippen molar-refractivity contribution in [2.45, 2.75) is 51.2 Å². The van der Waals surface area contributed by atoms with E-state index in [1.165, 1.54) is 5.69 Å². The lowest BCUT2D eigenvalue weighted by Gasteiger charge is -2.36. The number of fused-ring (bicyclic) bond motifs is 1. The third-order valence-electron chi connectivity index (χ3n) is 5.80. The lowest BCUT2D eigenvalue weighted by molar-refractivity contribution is -0.128. The Labute approximate surface area is 143 Å². The first-order valence-electron chi connectivity index (χ1n) is 9.40. The zero-order chi connectivity index (χ0) is 16.4. The van der Waals surface area contributed by atoms with Gasteiger partial charge in [0, 0.05) is 64.6 Å². The van der Waals surface area contributed by atoms with Gasteiger partial charge in [0.25, 0.3) is 0 Å². The molecule has 132 valence electrons. The van der Waals surface area contributed by atoms with Crippen LogP contribution in [0.3, 0.4) is 0 Å². The first-order valence-corrected chi connectivity index (χ1v) is 9.40. The van der Waals surface area contributed by atoms with Crippen molar-refractivity contribution in [2.75, 3.05) is 32.8 Å². The fourth-order valence-corrected chi connectivity index (χ4v) is 4.32. The Morgan fingerprint density at radius 1 is 1.17 bits per heavy atom. The average Bonchev–Trinajstić information content (AvgIpc) is 3.17. The molecule has 0 aliphatic carbocycles. The molecule has 0 unspecified atom stereocenters. The van der Waals surface area contributed by atoms with E-state index in [1.807, 2.05) is 6.20 Å². The molecule has 6 heteroatoms. The van der Waals surface area contributed by atoms with Gasteiger partial charge in [-0.05, 0) is 37.7 Å². The quantitative estimate of drug-likeness (QED) is 0.839. The number of nitrogens with zero attached hydrogens (tertiary/aromatic N) is 4. The van der Waals surface area contributed by atoms with E-state index < -0.39 is 0 Å². The van der Waals surface area contributed by atoms with Crippen LogP contribution in [0.4, 0.5) is 0 Å². The summed E-state index contributed by atoms with van der Waals surface area (Å²) in [5.74, 6) is 1.05. The summed E-state index contributed by atoms with van der Waals surface area (Å²) in [5.41, 5.74) is 1.30. The summed E-state index contributed by atoms with van der Waals surface area (Å²) in [4.78, 5) is 16.8. The second kappa shape index (κ2) is 7.23. The Kier molecular flexibility index (Phi) is 4.85. The molecule has 3 aliphatic rings. The van der Waals surface area contributed by atoms with E-state index in [0.29, 0.717) is 17.9 Å². The van der Waals surface area contributed by atoms with Gasteiger partial charge in [0.05, 0.1) is 5.69 Å². The van der Waals surface area contributed by atoms with Crippen molar-refractivity contribution in [2.24, 2.45) is 5.92 Å². The molecule has 3 aliphatic heterocycles. The summed E-state index contributed by atoms with van der Waals surface area (Å²) in [6.45, 7) is 6.62. The molecule has 0 bridgehead atoms. The summed E-state index contributed by atoms with van der Waals surface area (Å²) < 4.78 is 7.66. The third kappa shape index (κ3) is 3.49. The van der Waals surface area contributed by atoms with Gasteiger partial charge < -0.3 is 9.64 Å². The number of carbonyl (C=O) groups is 1. The normalized spacial score (nSPS) is 26.6. The number of rotatable bonds is 4. The van der Waals surface area contributed by atoms with Gasteiger partial charge in [-0.25, -0.2) is 0 Å². The molecule has 0 spiro atoms. The van der Waals surface area contributed by atoms with Crippen molar-refractivity contribution < 1.29 is 9.53 Å². The molecular formula is C18H28N4O2. The number of aryl methyl sites for hydroxylation is 1. The molecule has 0 radical (unpaired) electrons. The number of hydrogen-bond donors (Lipinski definition) is 0. The summed E-state index contributed by atoms with van der Waals surface area (Å²) in [5, 5.41) is 4.47. The van der Waals surface area contributed by atoms with Crippen LogP contribution in [0.2, 0.25) is 0 Å². The molecule has 2 fully saturated rings. The summed E-state index contributed by atoms with van der Waals surface area (Å²) >= 11 is 0. The Morgan fingerprint density at radius 3 is 2.83 bits per heavy atom. The first kappa shape index (κ1) is 16.1. The molecular weight excluding hydrogens is 304 g/mol. The highest BCUT2D eigenvalue weighted by Gasteiger charge is 2.31. The second-order valence-corrected chi connectivity index (χ2v) is 7.42. The standard InChI is InChI=1S/C18H28N4O2/c23-18-2-1-8-20(18)13-16-4-9-22-17(3-7-19-22)14-21(16)12-15-5-10-24-11-6-15/h3,7,15-16H,1-2,4-6,8-14H2/t16-/m1/s1. The van der Waals surface area contributed by atoms with Gasteiger partial charge in [0.2, 0.25) is 5.91 Å². The van der Waals surface area contributed by atoms with Crippen LogP contribution in [0.25, 0.3) is 0 Å². The van der Waals surface area contributed by atoms with Gasteiger partial charge in [-0.3, -0.25) is 14.4 Å². The Morgan fingerprint density at radius 2 is 2.04 bits per heavy atom. The Hall–Kier alpha value is -1.40. The fraction of sp³-hybridized carbons (Fsp3) is 0.778. The number of aromatic nitrogens is 2. The van der Waals surface area contributed by atoms with Crippen LogP contribution in [0.15, 0.2) is 12.3 Å². The molecule has 0 saturated carbocycles. The lowest BCUT2D eigenvalue weighted by atomic mass is 9.98. The van der Waals surface area contributed by atoms with E-state index in [9.17, 15) is 4.79 Å². The van der Waals surface area contributed by atoms with Gasteiger partial charge in [0.15, 0.2) is 0 Å². The topological polar surface area (TPSA) is 50.6 Å². The van der Waals surface area contributed by atoms with Crippen LogP contribution in [-0.4, -0.2) is 64.4 Å². The van der Waals surface area contributed by atoms with E-state index in [1.54, 1.807) is 0 Å². The van der Waals surface area contributed by atoms with Gasteiger partial charge >= 0.3 is 0 Å². The minimum atomic E-state index is 0.336. The van der Waals surface area contributed by atoms with Crippen molar-refractivity contribution in [3.8, 4) is 0 Å². The molecule has 0 aromatic carbocycles.